The van der Waals surface area contributed by atoms with Crippen molar-refractivity contribution < 1.29 is 4.39 Å². The van der Waals surface area contributed by atoms with Crippen molar-refractivity contribution in [3.63, 3.8) is 0 Å². The van der Waals surface area contributed by atoms with Gasteiger partial charge in [-0.25, -0.2) is 4.39 Å². The fraction of sp³-hybridized carbons (Fsp3) is 0.133. The van der Waals surface area contributed by atoms with Crippen LogP contribution in [0.3, 0.4) is 0 Å². The normalized spacial score (nSPS) is 11.2. The Bertz CT molecular complexity index is 851. The van der Waals surface area contributed by atoms with Gasteiger partial charge in [0.15, 0.2) is 4.77 Å². The first-order valence-corrected chi connectivity index (χ1v) is 7.78. The van der Waals surface area contributed by atoms with Gasteiger partial charge in [-0.2, -0.15) is 0 Å². The number of H-pyrrole nitrogens is 1. The maximum absolute atomic E-state index is 13.9. The van der Waals surface area contributed by atoms with Crippen molar-refractivity contribution in [1.29, 1.82) is 0 Å². The van der Waals surface area contributed by atoms with Gasteiger partial charge in [0.05, 0.1) is 20.3 Å². The van der Waals surface area contributed by atoms with E-state index in [4.69, 9.17) is 12.2 Å². The van der Waals surface area contributed by atoms with Gasteiger partial charge in [0.2, 0.25) is 0 Å². The lowest BCUT2D eigenvalue weighted by Gasteiger charge is -2.10. The SMILES string of the molecule is CCc1ccccc1-n1c(=S)[nH]c2cc(I)c(F)cc21. The Morgan fingerprint density at radius 2 is 2.05 bits per heavy atom. The van der Waals surface area contributed by atoms with Gasteiger partial charge in [-0.1, -0.05) is 25.1 Å². The molecule has 0 aliphatic rings. The number of benzene rings is 2. The lowest BCUT2D eigenvalue weighted by molar-refractivity contribution is 0.622. The molecule has 0 aliphatic carbocycles. The molecule has 20 heavy (non-hydrogen) atoms. The molecule has 3 aromatic rings. The monoisotopic (exact) mass is 398 g/mol. The smallest absolute Gasteiger partial charge is 0.182 e. The van der Waals surface area contributed by atoms with E-state index >= 15 is 0 Å². The molecule has 0 atom stereocenters. The number of aryl methyl sites for hydroxylation is 1. The van der Waals surface area contributed by atoms with Crippen LogP contribution in [0.2, 0.25) is 0 Å². The summed E-state index contributed by atoms with van der Waals surface area (Å²) in [7, 11) is 0. The van der Waals surface area contributed by atoms with Crippen LogP contribution in [0, 0.1) is 14.2 Å². The van der Waals surface area contributed by atoms with E-state index in [1.54, 1.807) is 6.07 Å². The molecular formula is C15H12FIN2S. The predicted octanol–water partition coefficient (Wildman–Crippen LogP) is 4.99. The van der Waals surface area contributed by atoms with Gasteiger partial charge < -0.3 is 4.98 Å². The molecular weight excluding hydrogens is 386 g/mol. The van der Waals surface area contributed by atoms with Gasteiger partial charge >= 0.3 is 0 Å². The van der Waals surface area contributed by atoms with Crippen LogP contribution < -0.4 is 0 Å². The lowest BCUT2D eigenvalue weighted by Crippen LogP contribution is -1.99. The Morgan fingerprint density at radius 1 is 1.30 bits per heavy atom. The van der Waals surface area contributed by atoms with Gasteiger partial charge in [-0.3, -0.25) is 4.57 Å². The summed E-state index contributed by atoms with van der Waals surface area (Å²) in [6, 6.07) is 11.4. The number of halogens is 2. The molecule has 1 heterocycles. The zero-order valence-corrected chi connectivity index (χ0v) is 13.8. The number of rotatable bonds is 2. The molecule has 0 aliphatic heterocycles. The molecule has 0 amide bonds. The molecule has 0 saturated heterocycles. The second-order valence-electron chi connectivity index (χ2n) is 4.53. The third kappa shape index (κ3) is 2.18. The summed E-state index contributed by atoms with van der Waals surface area (Å²) in [5.41, 5.74) is 3.82. The Labute approximate surface area is 134 Å². The first-order chi connectivity index (χ1) is 9.61. The minimum atomic E-state index is -0.227. The second-order valence-corrected chi connectivity index (χ2v) is 6.08. The summed E-state index contributed by atoms with van der Waals surface area (Å²) in [5, 5.41) is 0. The Kier molecular flexibility index (Phi) is 3.64. The van der Waals surface area contributed by atoms with Crippen molar-refractivity contribution >= 4 is 45.8 Å². The molecule has 0 saturated carbocycles. The summed E-state index contributed by atoms with van der Waals surface area (Å²) in [4.78, 5) is 3.15. The Hall–Kier alpha value is -1.21. The lowest BCUT2D eigenvalue weighted by atomic mass is 10.1. The van der Waals surface area contributed by atoms with Crippen LogP contribution in [0.25, 0.3) is 16.7 Å². The minimum Gasteiger partial charge on any atom is -0.330 e. The molecule has 0 radical (unpaired) electrons. The standard InChI is InChI=1S/C15H12FIN2S/c1-2-9-5-3-4-6-13(9)19-14-7-10(16)11(17)8-12(14)18-15(19)20/h3-8H,2H2,1H3,(H,18,20). The van der Waals surface area contributed by atoms with Crippen molar-refractivity contribution in [2.75, 3.05) is 0 Å². The van der Waals surface area contributed by atoms with Crippen LogP contribution in [-0.2, 0) is 6.42 Å². The van der Waals surface area contributed by atoms with Crippen molar-refractivity contribution in [2.24, 2.45) is 0 Å². The quantitative estimate of drug-likeness (QED) is 0.476. The van der Waals surface area contributed by atoms with Gasteiger partial charge in [-0.05, 0) is 58.9 Å². The molecule has 2 aromatic carbocycles. The summed E-state index contributed by atoms with van der Waals surface area (Å²) >= 11 is 7.40. The van der Waals surface area contributed by atoms with E-state index in [1.807, 2.05) is 45.4 Å². The van der Waals surface area contributed by atoms with Crippen LogP contribution in [0.1, 0.15) is 12.5 Å². The van der Waals surface area contributed by atoms with Crippen LogP contribution in [-0.4, -0.2) is 9.55 Å². The Balaban J connectivity index is 2.39. The molecule has 0 fully saturated rings. The zero-order chi connectivity index (χ0) is 14.3. The highest BCUT2D eigenvalue weighted by molar-refractivity contribution is 14.1. The highest BCUT2D eigenvalue weighted by Crippen LogP contribution is 2.25. The first-order valence-electron chi connectivity index (χ1n) is 6.30. The summed E-state index contributed by atoms with van der Waals surface area (Å²) in [6.07, 6.45) is 0.900. The molecule has 0 spiro atoms. The average Bonchev–Trinajstić information content (AvgIpc) is 2.74. The topological polar surface area (TPSA) is 20.7 Å². The number of aromatic nitrogens is 2. The molecule has 3 rings (SSSR count). The maximum Gasteiger partial charge on any atom is 0.182 e. The number of imidazole rings is 1. The molecule has 102 valence electrons. The number of fused-ring (bicyclic) bond motifs is 1. The van der Waals surface area contributed by atoms with E-state index < -0.39 is 0 Å². The molecule has 0 unspecified atom stereocenters. The third-order valence-corrected chi connectivity index (χ3v) is 4.45. The maximum atomic E-state index is 13.9. The average molecular weight is 398 g/mol. The number of hydrogen-bond donors (Lipinski definition) is 1. The second kappa shape index (κ2) is 5.29. The summed E-state index contributed by atoms with van der Waals surface area (Å²) < 4.78 is 16.9. The molecule has 0 bridgehead atoms. The van der Waals surface area contributed by atoms with Crippen molar-refractivity contribution in [2.45, 2.75) is 13.3 Å². The van der Waals surface area contributed by atoms with Crippen LogP contribution in [0.4, 0.5) is 4.39 Å². The highest BCUT2D eigenvalue weighted by atomic mass is 127. The predicted molar refractivity (Wildman–Crippen MR) is 90.5 cm³/mol. The van der Waals surface area contributed by atoms with Crippen molar-refractivity contribution in [1.82, 2.24) is 9.55 Å². The van der Waals surface area contributed by atoms with E-state index in [9.17, 15) is 4.39 Å². The number of nitrogens with one attached hydrogen (secondary N) is 1. The van der Waals surface area contributed by atoms with Gasteiger partial charge in [-0.15, -0.1) is 0 Å². The molecule has 5 heteroatoms. The molecule has 1 aromatic heterocycles. The largest absolute Gasteiger partial charge is 0.330 e. The first kappa shape index (κ1) is 13.8. The number of aromatic amines is 1. The van der Waals surface area contributed by atoms with Crippen molar-refractivity contribution in [3.05, 3.63) is 56.1 Å². The minimum absolute atomic E-state index is 0.227. The van der Waals surface area contributed by atoms with E-state index in [2.05, 4.69) is 18.0 Å². The van der Waals surface area contributed by atoms with E-state index in [0.717, 1.165) is 23.1 Å². The van der Waals surface area contributed by atoms with Crippen LogP contribution in [0.5, 0.6) is 0 Å². The molecule has 2 nitrogen and oxygen atoms in total. The number of hydrogen-bond acceptors (Lipinski definition) is 1. The van der Waals surface area contributed by atoms with Gasteiger partial charge in [0, 0.05) is 6.07 Å². The number of nitrogens with zero attached hydrogens (tertiary/aromatic N) is 1. The summed E-state index contributed by atoms with van der Waals surface area (Å²) in [6.45, 7) is 2.10. The van der Waals surface area contributed by atoms with E-state index in [-0.39, 0.29) is 5.82 Å². The van der Waals surface area contributed by atoms with Crippen LogP contribution in [0.15, 0.2) is 36.4 Å². The van der Waals surface area contributed by atoms with Crippen LogP contribution >= 0.6 is 34.8 Å². The summed E-state index contributed by atoms with van der Waals surface area (Å²) in [5.74, 6) is -0.227. The zero-order valence-electron chi connectivity index (χ0n) is 10.8. The fourth-order valence-electron chi connectivity index (χ4n) is 2.37. The Morgan fingerprint density at radius 3 is 2.80 bits per heavy atom. The van der Waals surface area contributed by atoms with E-state index in [1.165, 1.54) is 11.6 Å². The highest BCUT2D eigenvalue weighted by Gasteiger charge is 2.12. The van der Waals surface area contributed by atoms with Crippen molar-refractivity contribution in [3.8, 4) is 5.69 Å². The van der Waals surface area contributed by atoms with Gasteiger partial charge in [0.25, 0.3) is 0 Å². The third-order valence-electron chi connectivity index (χ3n) is 3.34. The van der Waals surface area contributed by atoms with E-state index in [0.29, 0.717) is 8.34 Å². The fourth-order valence-corrected chi connectivity index (χ4v) is 3.14. The number of para-hydroxylation sites is 1. The molecule has 1 N–H and O–H groups in total. The van der Waals surface area contributed by atoms with Gasteiger partial charge in [0.1, 0.15) is 5.82 Å².